The summed E-state index contributed by atoms with van der Waals surface area (Å²) in [6, 6.07) is 0. The molecule has 8 heteroatoms. The van der Waals surface area contributed by atoms with E-state index < -0.39 is 0 Å². The molecule has 2 aromatic heterocycles. The molecule has 2 heterocycles. The summed E-state index contributed by atoms with van der Waals surface area (Å²) in [6.07, 6.45) is 2.50. The van der Waals surface area contributed by atoms with Gasteiger partial charge in [-0.05, 0) is 6.42 Å². The molecule has 0 amide bonds. The first-order valence-corrected chi connectivity index (χ1v) is 6.54. The molecule has 0 fully saturated rings. The minimum absolute atomic E-state index is 0.545. The second-order valence-electron chi connectivity index (χ2n) is 4.13. The number of hydrogen-bond donors (Lipinski definition) is 3. The number of anilines is 2. The van der Waals surface area contributed by atoms with Crippen LogP contribution in [0.1, 0.15) is 6.42 Å². The Morgan fingerprint density at radius 1 is 1.25 bits per heavy atom. The molecular weight excluding hydrogens is 260 g/mol. The zero-order chi connectivity index (χ0) is 14.2. The molecule has 0 atom stereocenters. The third-order valence-electron chi connectivity index (χ3n) is 2.70. The molecule has 110 valence electrons. The fourth-order valence-electron chi connectivity index (χ4n) is 1.70. The van der Waals surface area contributed by atoms with Crippen LogP contribution in [0, 0.1) is 0 Å². The molecule has 2 aromatic rings. The van der Waals surface area contributed by atoms with Crippen LogP contribution in [0.2, 0.25) is 0 Å². The van der Waals surface area contributed by atoms with Crippen molar-refractivity contribution < 1.29 is 9.47 Å². The lowest BCUT2D eigenvalue weighted by Crippen LogP contribution is -2.10. The van der Waals surface area contributed by atoms with Gasteiger partial charge in [0.1, 0.15) is 5.52 Å². The van der Waals surface area contributed by atoms with Crippen molar-refractivity contribution in [2.45, 2.75) is 6.42 Å². The molecule has 0 aliphatic heterocycles. The number of hydrogen-bond acceptors (Lipinski definition) is 7. The molecule has 2 rings (SSSR count). The molecule has 20 heavy (non-hydrogen) atoms. The van der Waals surface area contributed by atoms with Gasteiger partial charge in [0.2, 0.25) is 5.95 Å². The maximum atomic E-state index is 5.40. The lowest BCUT2D eigenvalue weighted by molar-refractivity contribution is 0.0705. The highest BCUT2D eigenvalue weighted by Crippen LogP contribution is 2.18. The van der Waals surface area contributed by atoms with E-state index in [4.69, 9.17) is 9.47 Å². The van der Waals surface area contributed by atoms with E-state index in [0.717, 1.165) is 24.3 Å². The number of aromatic amines is 1. The van der Waals surface area contributed by atoms with E-state index in [-0.39, 0.29) is 0 Å². The summed E-state index contributed by atoms with van der Waals surface area (Å²) in [5.74, 6) is 1.29. The number of ether oxygens (including phenoxy) is 2. The molecule has 0 saturated carbocycles. The standard InChI is InChI=1S/C12H20N6O2/c1-13-12-17-10(9-11(18-12)16-8-15-9)14-4-3-5-20-7-6-19-2/h8H,3-7H2,1-2H3,(H3,13,14,15,16,17,18). The average Bonchev–Trinajstić information content (AvgIpc) is 2.94. The molecule has 0 radical (unpaired) electrons. The van der Waals surface area contributed by atoms with E-state index in [2.05, 4.69) is 30.6 Å². The Labute approximate surface area is 117 Å². The first-order chi connectivity index (χ1) is 9.85. The number of H-pyrrole nitrogens is 1. The van der Waals surface area contributed by atoms with Crippen molar-refractivity contribution in [3.05, 3.63) is 6.33 Å². The number of fused-ring (bicyclic) bond motifs is 1. The van der Waals surface area contributed by atoms with Gasteiger partial charge in [-0.1, -0.05) is 0 Å². The van der Waals surface area contributed by atoms with Crippen molar-refractivity contribution in [3.8, 4) is 0 Å². The summed E-state index contributed by atoms with van der Waals surface area (Å²) in [6.45, 7) is 2.70. The molecule has 0 aliphatic rings. The van der Waals surface area contributed by atoms with Crippen LogP contribution in [0.25, 0.3) is 11.2 Å². The van der Waals surface area contributed by atoms with Gasteiger partial charge in [0.15, 0.2) is 11.5 Å². The SMILES string of the molecule is CNc1nc(NCCCOCCOC)c2[nH]cnc2n1. The zero-order valence-corrected chi connectivity index (χ0v) is 11.8. The maximum Gasteiger partial charge on any atom is 0.226 e. The summed E-state index contributed by atoms with van der Waals surface area (Å²) >= 11 is 0. The second-order valence-corrected chi connectivity index (χ2v) is 4.13. The minimum Gasteiger partial charge on any atom is -0.382 e. The molecule has 8 nitrogen and oxygen atoms in total. The van der Waals surface area contributed by atoms with E-state index >= 15 is 0 Å². The number of imidazole rings is 1. The molecule has 0 spiro atoms. The third kappa shape index (κ3) is 3.78. The molecule has 0 bridgehead atoms. The van der Waals surface area contributed by atoms with Crippen LogP contribution < -0.4 is 10.6 Å². The van der Waals surface area contributed by atoms with Gasteiger partial charge >= 0.3 is 0 Å². The molecule has 0 unspecified atom stereocenters. The van der Waals surface area contributed by atoms with Gasteiger partial charge in [0.05, 0.1) is 19.5 Å². The van der Waals surface area contributed by atoms with Crippen LogP contribution >= 0.6 is 0 Å². The largest absolute Gasteiger partial charge is 0.382 e. The summed E-state index contributed by atoms with van der Waals surface area (Å²) in [5, 5.41) is 6.19. The summed E-state index contributed by atoms with van der Waals surface area (Å²) in [7, 11) is 3.44. The van der Waals surface area contributed by atoms with Crippen LogP contribution in [-0.2, 0) is 9.47 Å². The molecular formula is C12H20N6O2. The van der Waals surface area contributed by atoms with Crippen LogP contribution in [0.15, 0.2) is 6.33 Å². The lowest BCUT2D eigenvalue weighted by atomic mass is 10.4. The quantitative estimate of drug-likeness (QED) is 0.586. The third-order valence-corrected chi connectivity index (χ3v) is 2.70. The van der Waals surface area contributed by atoms with E-state index in [1.54, 1.807) is 20.5 Å². The van der Waals surface area contributed by atoms with E-state index in [1.807, 2.05) is 0 Å². The number of aromatic nitrogens is 4. The number of nitrogens with one attached hydrogen (secondary N) is 3. The van der Waals surface area contributed by atoms with Crippen molar-refractivity contribution >= 4 is 22.9 Å². The van der Waals surface area contributed by atoms with Gasteiger partial charge in [0.25, 0.3) is 0 Å². The summed E-state index contributed by atoms with van der Waals surface area (Å²) in [5.41, 5.74) is 1.45. The minimum atomic E-state index is 0.545. The monoisotopic (exact) mass is 280 g/mol. The first kappa shape index (κ1) is 14.5. The van der Waals surface area contributed by atoms with Crippen LogP contribution in [0.3, 0.4) is 0 Å². The van der Waals surface area contributed by atoms with E-state index in [0.29, 0.717) is 31.4 Å². The zero-order valence-electron chi connectivity index (χ0n) is 11.8. The fraction of sp³-hybridized carbons (Fsp3) is 0.583. The van der Waals surface area contributed by atoms with Gasteiger partial charge in [0, 0.05) is 27.3 Å². The highest BCUT2D eigenvalue weighted by Gasteiger charge is 2.08. The Kier molecular flexibility index (Phi) is 5.51. The van der Waals surface area contributed by atoms with Crippen LogP contribution in [-0.4, -0.2) is 60.5 Å². The fourth-order valence-corrected chi connectivity index (χ4v) is 1.70. The molecule has 0 aromatic carbocycles. The van der Waals surface area contributed by atoms with Crippen molar-refractivity contribution in [2.24, 2.45) is 0 Å². The first-order valence-electron chi connectivity index (χ1n) is 6.54. The van der Waals surface area contributed by atoms with Gasteiger partial charge in [-0.25, -0.2) is 4.98 Å². The second kappa shape index (κ2) is 7.61. The summed E-state index contributed by atoms with van der Waals surface area (Å²) in [4.78, 5) is 15.8. The maximum absolute atomic E-state index is 5.40. The molecule has 3 N–H and O–H groups in total. The van der Waals surface area contributed by atoms with Gasteiger partial charge in [-0.2, -0.15) is 9.97 Å². The van der Waals surface area contributed by atoms with Gasteiger partial charge < -0.3 is 25.1 Å². The van der Waals surface area contributed by atoms with Crippen molar-refractivity contribution in [2.75, 3.05) is 51.2 Å². The number of methoxy groups -OCH3 is 1. The Hall–Kier alpha value is -1.93. The van der Waals surface area contributed by atoms with Crippen molar-refractivity contribution in [3.63, 3.8) is 0 Å². The van der Waals surface area contributed by atoms with Crippen LogP contribution in [0.5, 0.6) is 0 Å². The highest BCUT2D eigenvalue weighted by molar-refractivity contribution is 5.83. The highest BCUT2D eigenvalue weighted by atomic mass is 16.5. The Bertz CT molecular complexity index is 530. The average molecular weight is 280 g/mol. The Morgan fingerprint density at radius 3 is 2.95 bits per heavy atom. The Balaban J connectivity index is 1.84. The van der Waals surface area contributed by atoms with Crippen LogP contribution in [0.4, 0.5) is 11.8 Å². The lowest BCUT2D eigenvalue weighted by Gasteiger charge is -2.08. The van der Waals surface area contributed by atoms with Gasteiger partial charge in [-0.15, -0.1) is 0 Å². The smallest absolute Gasteiger partial charge is 0.226 e. The predicted octanol–water partition coefficient (Wildman–Crippen LogP) is 0.860. The summed E-state index contributed by atoms with van der Waals surface area (Å²) < 4.78 is 10.3. The normalized spacial score (nSPS) is 10.9. The van der Waals surface area contributed by atoms with E-state index in [9.17, 15) is 0 Å². The van der Waals surface area contributed by atoms with E-state index in [1.165, 1.54) is 0 Å². The Morgan fingerprint density at radius 2 is 2.15 bits per heavy atom. The predicted molar refractivity (Wildman–Crippen MR) is 77.0 cm³/mol. The number of rotatable bonds is 9. The van der Waals surface area contributed by atoms with Gasteiger partial charge in [-0.3, -0.25) is 0 Å². The van der Waals surface area contributed by atoms with Crippen molar-refractivity contribution in [1.82, 2.24) is 19.9 Å². The van der Waals surface area contributed by atoms with Crippen molar-refractivity contribution in [1.29, 1.82) is 0 Å². The molecule has 0 saturated heterocycles. The topological polar surface area (TPSA) is 97.0 Å². The number of nitrogens with zero attached hydrogens (tertiary/aromatic N) is 3. The molecule has 0 aliphatic carbocycles.